The van der Waals surface area contributed by atoms with Gasteiger partial charge in [-0.2, -0.15) is 0 Å². The van der Waals surface area contributed by atoms with Crippen molar-refractivity contribution in [2.24, 2.45) is 0 Å². The number of nitrogens with zero attached hydrogens (tertiary/aromatic N) is 1. The molecule has 2 rings (SSSR count). The van der Waals surface area contributed by atoms with Gasteiger partial charge in [-0.1, -0.05) is 6.07 Å². The molecule has 0 spiro atoms. The van der Waals surface area contributed by atoms with E-state index < -0.39 is 6.09 Å². The monoisotopic (exact) mass is 248 g/mol. The number of hydrogen-bond donors (Lipinski definition) is 1. The lowest BCUT2D eigenvalue weighted by Gasteiger charge is -2.29. The smallest absolute Gasteiger partial charge is 0.411 e. The molecule has 1 aromatic carbocycles. The third-order valence-corrected chi connectivity index (χ3v) is 3.36. The minimum absolute atomic E-state index is 0.422. The highest BCUT2D eigenvalue weighted by molar-refractivity contribution is 5.86. The van der Waals surface area contributed by atoms with Crippen LogP contribution in [0.3, 0.4) is 0 Å². The standard InChI is InChI=1S/C14H20N2O2/c1-11-6-7-12(16-8-4-3-5-9-16)10-13(11)15-14(17)18-2/h6-7,10H,3-5,8-9H2,1-2H3,(H,15,17). The molecule has 4 heteroatoms. The molecule has 1 aliphatic rings. The fourth-order valence-electron chi connectivity index (χ4n) is 2.25. The third kappa shape index (κ3) is 2.94. The Kier molecular flexibility index (Phi) is 4.07. The summed E-state index contributed by atoms with van der Waals surface area (Å²) in [4.78, 5) is 13.6. The number of benzene rings is 1. The zero-order chi connectivity index (χ0) is 13.0. The first kappa shape index (κ1) is 12.7. The minimum atomic E-state index is -0.422. The van der Waals surface area contributed by atoms with Crippen LogP contribution in [0, 0.1) is 6.92 Å². The summed E-state index contributed by atoms with van der Waals surface area (Å²) >= 11 is 0. The number of methoxy groups -OCH3 is 1. The molecule has 0 bridgehead atoms. The molecule has 0 saturated carbocycles. The summed E-state index contributed by atoms with van der Waals surface area (Å²) in [6.45, 7) is 4.17. The second-order valence-corrected chi connectivity index (χ2v) is 4.66. The van der Waals surface area contributed by atoms with E-state index in [1.54, 1.807) is 0 Å². The molecule has 0 radical (unpaired) electrons. The largest absolute Gasteiger partial charge is 0.453 e. The maximum Gasteiger partial charge on any atom is 0.411 e. The molecular weight excluding hydrogens is 228 g/mol. The lowest BCUT2D eigenvalue weighted by molar-refractivity contribution is 0.187. The zero-order valence-electron chi connectivity index (χ0n) is 11.0. The van der Waals surface area contributed by atoms with E-state index in [1.165, 1.54) is 32.1 Å². The van der Waals surface area contributed by atoms with Gasteiger partial charge in [-0.25, -0.2) is 4.79 Å². The Bertz CT molecular complexity index is 426. The first-order chi connectivity index (χ1) is 8.70. The van der Waals surface area contributed by atoms with E-state index in [1.807, 2.05) is 19.1 Å². The van der Waals surface area contributed by atoms with E-state index in [-0.39, 0.29) is 0 Å². The van der Waals surface area contributed by atoms with Crippen LogP contribution in [-0.4, -0.2) is 26.3 Å². The van der Waals surface area contributed by atoms with Gasteiger partial charge in [-0.15, -0.1) is 0 Å². The van der Waals surface area contributed by atoms with E-state index in [2.05, 4.69) is 21.0 Å². The maximum atomic E-state index is 11.3. The molecular formula is C14H20N2O2. The van der Waals surface area contributed by atoms with Gasteiger partial charge < -0.3 is 9.64 Å². The van der Waals surface area contributed by atoms with E-state index in [0.717, 1.165) is 24.3 Å². The van der Waals surface area contributed by atoms with Crippen LogP contribution in [0.25, 0.3) is 0 Å². The molecule has 1 heterocycles. The van der Waals surface area contributed by atoms with E-state index in [4.69, 9.17) is 0 Å². The summed E-state index contributed by atoms with van der Waals surface area (Å²) in [6.07, 6.45) is 3.38. The first-order valence-electron chi connectivity index (χ1n) is 6.41. The molecule has 1 aliphatic heterocycles. The van der Waals surface area contributed by atoms with Crippen molar-refractivity contribution in [1.82, 2.24) is 0 Å². The van der Waals surface area contributed by atoms with Gasteiger partial charge in [0, 0.05) is 24.5 Å². The highest BCUT2D eigenvalue weighted by atomic mass is 16.5. The van der Waals surface area contributed by atoms with Crippen molar-refractivity contribution in [2.45, 2.75) is 26.2 Å². The molecule has 0 aliphatic carbocycles. The third-order valence-electron chi connectivity index (χ3n) is 3.36. The summed E-state index contributed by atoms with van der Waals surface area (Å²) in [5, 5.41) is 2.75. The molecule has 4 nitrogen and oxygen atoms in total. The molecule has 1 fully saturated rings. The van der Waals surface area contributed by atoms with Crippen LogP contribution >= 0.6 is 0 Å². The minimum Gasteiger partial charge on any atom is -0.453 e. The maximum absolute atomic E-state index is 11.3. The van der Waals surface area contributed by atoms with Crippen molar-refractivity contribution in [2.75, 3.05) is 30.4 Å². The van der Waals surface area contributed by atoms with Gasteiger partial charge in [0.05, 0.1) is 7.11 Å². The van der Waals surface area contributed by atoms with E-state index in [9.17, 15) is 4.79 Å². The summed E-state index contributed by atoms with van der Waals surface area (Å²) in [7, 11) is 1.37. The zero-order valence-corrected chi connectivity index (χ0v) is 11.0. The second kappa shape index (κ2) is 5.76. The number of aryl methyl sites for hydroxylation is 1. The lowest BCUT2D eigenvalue weighted by Crippen LogP contribution is -2.29. The molecule has 1 N–H and O–H groups in total. The number of hydrogen-bond acceptors (Lipinski definition) is 3. The Morgan fingerprint density at radius 1 is 1.28 bits per heavy atom. The van der Waals surface area contributed by atoms with Crippen LogP contribution in [0.2, 0.25) is 0 Å². The topological polar surface area (TPSA) is 41.6 Å². The van der Waals surface area contributed by atoms with E-state index in [0.29, 0.717) is 0 Å². The molecule has 1 amide bonds. The number of carbonyl (C=O) groups is 1. The highest BCUT2D eigenvalue weighted by Crippen LogP contribution is 2.25. The van der Waals surface area contributed by atoms with Crippen LogP contribution in [0.5, 0.6) is 0 Å². The number of ether oxygens (including phenoxy) is 1. The normalized spacial score (nSPS) is 15.3. The van der Waals surface area contributed by atoms with Crippen molar-refractivity contribution >= 4 is 17.5 Å². The van der Waals surface area contributed by atoms with Crippen LogP contribution < -0.4 is 10.2 Å². The molecule has 0 atom stereocenters. The average Bonchev–Trinajstić information content (AvgIpc) is 2.42. The second-order valence-electron chi connectivity index (χ2n) is 4.66. The van der Waals surface area contributed by atoms with Crippen molar-refractivity contribution in [3.63, 3.8) is 0 Å². The van der Waals surface area contributed by atoms with Crippen LogP contribution in [0.15, 0.2) is 18.2 Å². The molecule has 0 unspecified atom stereocenters. The van der Waals surface area contributed by atoms with Crippen LogP contribution in [-0.2, 0) is 4.74 Å². The number of carbonyl (C=O) groups excluding carboxylic acids is 1. The quantitative estimate of drug-likeness (QED) is 0.874. The Morgan fingerprint density at radius 3 is 2.67 bits per heavy atom. The van der Waals surface area contributed by atoms with Gasteiger partial charge in [-0.3, -0.25) is 5.32 Å². The van der Waals surface area contributed by atoms with Gasteiger partial charge in [0.1, 0.15) is 0 Å². The fourth-order valence-corrected chi connectivity index (χ4v) is 2.25. The van der Waals surface area contributed by atoms with Gasteiger partial charge in [0.25, 0.3) is 0 Å². The van der Waals surface area contributed by atoms with Crippen molar-refractivity contribution in [1.29, 1.82) is 0 Å². The Hall–Kier alpha value is -1.71. The Balaban J connectivity index is 2.16. The first-order valence-corrected chi connectivity index (χ1v) is 6.41. The molecule has 1 aromatic rings. The molecule has 18 heavy (non-hydrogen) atoms. The van der Waals surface area contributed by atoms with Gasteiger partial charge in [0.15, 0.2) is 0 Å². The van der Waals surface area contributed by atoms with Crippen LogP contribution in [0.1, 0.15) is 24.8 Å². The summed E-state index contributed by atoms with van der Waals surface area (Å²) in [5.74, 6) is 0. The molecule has 98 valence electrons. The van der Waals surface area contributed by atoms with Crippen molar-refractivity contribution < 1.29 is 9.53 Å². The van der Waals surface area contributed by atoms with Crippen LogP contribution in [0.4, 0.5) is 16.2 Å². The number of amides is 1. The predicted molar refractivity (Wildman–Crippen MR) is 73.3 cm³/mol. The van der Waals surface area contributed by atoms with E-state index >= 15 is 0 Å². The number of rotatable bonds is 2. The molecule has 0 aromatic heterocycles. The summed E-state index contributed by atoms with van der Waals surface area (Å²) in [5.41, 5.74) is 3.04. The fraction of sp³-hybridized carbons (Fsp3) is 0.500. The lowest BCUT2D eigenvalue weighted by atomic mass is 10.1. The SMILES string of the molecule is COC(=O)Nc1cc(N2CCCCC2)ccc1C. The van der Waals surface area contributed by atoms with Gasteiger partial charge in [0.2, 0.25) is 0 Å². The number of piperidine rings is 1. The Labute approximate surface area is 108 Å². The number of anilines is 2. The van der Waals surface area contributed by atoms with Crippen molar-refractivity contribution in [3.05, 3.63) is 23.8 Å². The predicted octanol–water partition coefficient (Wildman–Crippen LogP) is 3.16. The number of nitrogens with one attached hydrogen (secondary N) is 1. The van der Waals surface area contributed by atoms with Gasteiger partial charge >= 0.3 is 6.09 Å². The average molecular weight is 248 g/mol. The molecule has 1 saturated heterocycles. The summed E-state index contributed by atoms with van der Waals surface area (Å²) in [6, 6.07) is 6.18. The van der Waals surface area contributed by atoms with Gasteiger partial charge in [-0.05, 0) is 43.9 Å². The highest BCUT2D eigenvalue weighted by Gasteiger charge is 2.12. The van der Waals surface area contributed by atoms with Crippen molar-refractivity contribution in [3.8, 4) is 0 Å². The Morgan fingerprint density at radius 2 is 2.00 bits per heavy atom. The summed E-state index contributed by atoms with van der Waals surface area (Å²) < 4.78 is 4.63.